The molecule has 1 heterocycles. The number of aryl methyl sites for hydroxylation is 1. The highest BCUT2D eigenvalue weighted by molar-refractivity contribution is 5.29. The van der Waals surface area contributed by atoms with Gasteiger partial charge >= 0.3 is 0 Å². The highest BCUT2D eigenvalue weighted by Crippen LogP contribution is 2.15. The standard InChI is InChI=1S/C14H27N3/c1-11(2)8-6-7-9-15-14-16-13(5)10-17(14)12(3)4/h10-12H,6-9H2,1-5H3,(H,15,16). The van der Waals surface area contributed by atoms with Crippen molar-refractivity contribution in [1.82, 2.24) is 9.55 Å². The van der Waals surface area contributed by atoms with Gasteiger partial charge in [0.15, 0.2) is 0 Å². The van der Waals surface area contributed by atoms with Crippen LogP contribution in [0.3, 0.4) is 0 Å². The Morgan fingerprint density at radius 3 is 2.53 bits per heavy atom. The van der Waals surface area contributed by atoms with E-state index >= 15 is 0 Å². The van der Waals surface area contributed by atoms with Gasteiger partial charge in [0, 0.05) is 18.8 Å². The molecular formula is C14H27N3. The van der Waals surface area contributed by atoms with E-state index in [9.17, 15) is 0 Å². The lowest BCUT2D eigenvalue weighted by Gasteiger charge is -2.12. The van der Waals surface area contributed by atoms with Crippen molar-refractivity contribution in [3.63, 3.8) is 0 Å². The van der Waals surface area contributed by atoms with Gasteiger partial charge in [0.05, 0.1) is 5.69 Å². The second-order valence-corrected chi connectivity index (χ2v) is 5.52. The molecule has 3 heteroatoms. The number of imidazole rings is 1. The van der Waals surface area contributed by atoms with Crippen LogP contribution in [0.25, 0.3) is 0 Å². The Kier molecular flexibility index (Phi) is 5.52. The molecule has 0 saturated heterocycles. The molecule has 0 bridgehead atoms. The fraction of sp³-hybridized carbons (Fsp3) is 0.786. The Labute approximate surface area is 106 Å². The third-order valence-corrected chi connectivity index (χ3v) is 2.90. The average Bonchev–Trinajstić information content (AvgIpc) is 2.59. The van der Waals surface area contributed by atoms with E-state index in [2.05, 4.69) is 48.8 Å². The first kappa shape index (κ1) is 14.1. The van der Waals surface area contributed by atoms with Crippen molar-refractivity contribution < 1.29 is 0 Å². The van der Waals surface area contributed by atoms with Gasteiger partial charge in [0.25, 0.3) is 0 Å². The molecule has 0 spiro atoms. The largest absolute Gasteiger partial charge is 0.356 e. The number of unbranched alkanes of at least 4 members (excludes halogenated alkanes) is 1. The minimum atomic E-state index is 0.467. The Morgan fingerprint density at radius 1 is 1.24 bits per heavy atom. The van der Waals surface area contributed by atoms with E-state index in [1.165, 1.54) is 19.3 Å². The van der Waals surface area contributed by atoms with Crippen molar-refractivity contribution in [2.24, 2.45) is 5.92 Å². The molecule has 0 unspecified atom stereocenters. The van der Waals surface area contributed by atoms with Crippen molar-refractivity contribution in [1.29, 1.82) is 0 Å². The summed E-state index contributed by atoms with van der Waals surface area (Å²) in [6.07, 6.45) is 5.95. The summed E-state index contributed by atoms with van der Waals surface area (Å²) in [6.45, 7) is 12.0. The Balaban J connectivity index is 2.36. The minimum absolute atomic E-state index is 0.467. The first-order valence-electron chi connectivity index (χ1n) is 6.80. The lowest BCUT2D eigenvalue weighted by Crippen LogP contribution is -2.10. The maximum atomic E-state index is 4.52. The number of rotatable bonds is 7. The highest BCUT2D eigenvalue weighted by atomic mass is 15.2. The number of aromatic nitrogens is 2. The third-order valence-electron chi connectivity index (χ3n) is 2.90. The van der Waals surface area contributed by atoms with Crippen LogP contribution in [0.5, 0.6) is 0 Å². The number of anilines is 1. The molecule has 17 heavy (non-hydrogen) atoms. The summed E-state index contributed by atoms with van der Waals surface area (Å²) in [7, 11) is 0. The number of nitrogens with zero attached hydrogens (tertiary/aromatic N) is 2. The number of nitrogens with one attached hydrogen (secondary N) is 1. The van der Waals surface area contributed by atoms with Crippen LogP contribution in [0.15, 0.2) is 6.20 Å². The molecule has 1 rings (SSSR count). The molecule has 0 amide bonds. The summed E-state index contributed by atoms with van der Waals surface area (Å²) < 4.78 is 2.21. The van der Waals surface area contributed by atoms with E-state index in [1.54, 1.807) is 0 Å². The normalized spacial score (nSPS) is 11.5. The van der Waals surface area contributed by atoms with Gasteiger partial charge in [0.1, 0.15) is 0 Å². The van der Waals surface area contributed by atoms with Gasteiger partial charge in [-0.2, -0.15) is 0 Å². The van der Waals surface area contributed by atoms with Crippen molar-refractivity contribution in [3.05, 3.63) is 11.9 Å². The second-order valence-electron chi connectivity index (χ2n) is 5.52. The molecule has 1 aromatic rings. The van der Waals surface area contributed by atoms with Crippen molar-refractivity contribution in [2.45, 2.75) is 59.9 Å². The molecule has 0 atom stereocenters. The first-order valence-corrected chi connectivity index (χ1v) is 6.80. The van der Waals surface area contributed by atoms with Crippen LogP contribution in [0.2, 0.25) is 0 Å². The van der Waals surface area contributed by atoms with Gasteiger partial charge in [-0.25, -0.2) is 4.98 Å². The van der Waals surface area contributed by atoms with Crippen molar-refractivity contribution >= 4 is 5.95 Å². The molecular weight excluding hydrogens is 210 g/mol. The van der Waals surface area contributed by atoms with Crippen molar-refractivity contribution in [2.75, 3.05) is 11.9 Å². The SMILES string of the molecule is Cc1cn(C(C)C)c(NCCCCC(C)C)n1. The number of hydrogen-bond donors (Lipinski definition) is 1. The molecule has 0 aliphatic carbocycles. The number of hydrogen-bond acceptors (Lipinski definition) is 2. The summed E-state index contributed by atoms with van der Waals surface area (Å²) in [5, 5.41) is 3.44. The molecule has 0 fully saturated rings. The van der Waals surface area contributed by atoms with Crippen LogP contribution in [-0.2, 0) is 0 Å². The van der Waals surface area contributed by atoms with Gasteiger partial charge < -0.3 is 9.88 Å². The van der Waals surface area contributed by atoms with Gasteiger partial charge in [-0.15, -0.1) is 0 Å². The Bertz CT molecular complexity index is 326. The van der Waals surface area contributed by atoms with E-state index in [0.717, 1.165) is 24.1 Å². The second kappa shape index (κ2) is 6.67. The van der Waals surface area contributed by atoms with E-state index in [4.69, 9.17) is 0 Å². The Morgan fingerprint density at radius 2 is 1.94 bits per heavy atom. The molecule has 3 nitrogen and oxygen atoms in total. The van der Waals surface area contributed by atoms with E-state index in [-0.39, 0.29) is 0 Å². The zero-order valence-electron chi connectivity index (χ0n) is 12.0. The zero-order chi connectivity index (χ0) is 12.8. The lowest BCUT2D eigenvalue weighted by molar-refractivity contribution is 0.543. The summed E-state index contributed by atoms with van der Waals surface area (Å²) in [5.74, 6) is 1.83. The van der Waals surface area contributed by atoms with Gasteiger partial charge in [-0.05, 0) is 33.1 Å². The predicted molar refractivity (Wildman–Crippen MR) is 74.5 cm³/mol. The molecule has 0 aliphatic rings. The third kappa shape index (κ3) is 4.80. The highest BCUT2D eigenvalue weighted by Gasteiger charge is 2.07. The predicted octanol–water partition coefficient (Wildman–Crippen LogP) is 4.01. The van der Waals surface area contributed by atoms with E-state index < -0.39 is 0 Å². The minimum Gasteiger partial charge on any atom is -0.356 e. The van der Waals surface area contributed by atoms with E-state index in [1.807, 2.05) is 6.92 Å². The van der Waals surface area contributed by atoms with Gasteiger partial charge in [0.2, 0.25) is 5.95 Å². The van der Waals surface area contributed by atoms with Crippen LogP contribution in [0, 0.1) is 12.8 Å². The van der Waals surface area contributed by atoms with Crippen LogP contribution >= 0.6 is 0 Å². The average molecular weight is 237 g/mol. The lowest BCUT2D eigenvalue weighted by atomic mass is 10.1. The maximum absolute atomic E-state index is 4.52. The van der Waals surface area contributed by atoms with Crippen LogP contribution in [0.1, 0.15) is 58.7 Å². The fourth-order valence-corrected chi connectivity index (χ4v) is 1.92. The molecule has 0 aromatic carbocycles. The van der Waals surface area contributed by atoms with Gasteiger partial charge in [-0.3, -0.25) is 0 Å². The van der Waals surface area contributed by atoms with Gasteiger partial charge in [-0.1, -0.05) is 26.7 Å². The zero-order valence-corrected chi connectivity index (χ0v) is 12.0. The topological polar surface area (TPSA) is 29.9 Å². The quantitative estimate of drug-likeness (QED) is 0.726. The molecule has 1 aromatic heterocycles. The maximum Gasteiger partial charge on any atom is 0.203 e. The van der Waals surface area contributed by atoms with Crippen LogP contribution in [-0.4, -0.2) is 16.1 Å². The summed E-state index contributed by atoms with van der Waals surface area (Å²) in [6, 6.07) is 0.467. The molecule has 98 valence electrons. The molecule has 0 aliphatic heterocycles. The van der Waals surface area contributed by atoms with Crippen molar-refractivity contribution in [3.8, 4) is 0 Å². The van der Waals surface area contributed by atoms with E-state index in [0.29, 0.717) is 6.04 Å². The monoisotopic (exact) mass is 237 g/mol. The summed E-state index contributed by atoms with van der Waals surface area (Å²) in [5.41, 5.74) is 1.09. The molecule has 1 N–H and O–H groups in total. The Hall–Kier alpha value is -0.990. The fourth-order valence-electron chi connectivity index (χ4n) is 1.92. The summed E-state index contributed by atoms with van der Waals surface area (Å²) >= 11 is 0. The summed E-state index contributed by atoms with van der Waals surface area (Å²) in [4.78, 5) is 4.52. The van der Waals surface area contributed by atoms with Crippen LogP contribution < -0.4 is 5.32 Å². The smallest absolute Gasteiger partial charge is 0.203 e. The van der Waals surface area contributed by atoms with Crippen LogP contribution in [0.4, 0.5) is 5.95 Å². The first-order chi connectivity index (χ1) is 8.00. The molecule has 0 saturated carbocycles. The molecule has 0 radical (unpaired) electrons.